The van der Waals surface area contributed by atoms with Gasteiger partial charge < -0.3 is 24.0 Å². The fourth-order valence-corrected chi connectivity index (χ4v) is 12.8. The summed E-state index contributed by atoms with van der Waals surface area (Å²) in [5.41, 5.74) is -5.32. The number of amides is 3. The van der Waals surface area contributed by atoms with Crippen molar-refractivity contribution in [3.8, 4) is 23.4 Å². The van der Waals surface area contributed by atoms with E-state index in [1.54, 1.807) is 22.0 Å². The lowest BCUT2D eigenvalue weighted by Crippen LogP contribution is -2.45. The first-order chi connectivity index (χ1) is 42.5. The number of sulfonamides is 2. The number of carbonyl (C=O) groups is 3. The number of nitrogens with zero attached hydrogens (tertiary/aromatic N) is 12. The minimum atomic E-state index is -4.38. The molecule has 2 N–H and O–H groups in total. The summed E-state index contributed by atoms with van der Waals surface area (Å²) >= 11 is 6.23. The van der Waals surface area contributed by atoms with E-state index < -0.39 is 60.6 Å². The average molecular weight is 1360 g/mol. The Labute approximate surface area is 534 Å². The second-order valence-corrected chi connectivity index (χ2v) is 30.3. The molecule has 3 aliphatic rings. The van der Waals surface area contributed by atoms with Crippen LogP contribution >= 0.6 is 11.6 Å². The van der Waals surface area contributed by atoms with Gasteiger partial charge in [-0.05, 0) is 148 Å². The molecule has 9 rings (SSSR count). The van der Waals surface area contributed by atoms with Crippen molar-refractivity contribution >= 4 is 55.4 Å². The highest BCUT2D eigenvalue weighted by Crippen LogP contribution is 2.43. The SMILES string of the molecule is CC(C)(C)OC(=O)N1C[C@@H](CCCn2ccc(S(=O)(=O)NC(=O)c3ccc(-n4ccc(OCCC(C)(C)C(F)(F)F)n4)nc3Cl)n2)CC1(C)C.CC1(C)C[C@@H]2CCCn3ccc(n3)S(=O)(=O)NC(=O)c3ccc(-n4ccc(OCCC(C)(C)C(F)(F)F)n4)nc3N1C2. The summed E-state index contributed by atoms with van der Waals surface area (Å²) in [6.45, 7) is 19.8. The summed E-state index contributed by atoms with van der Waals surface area (Å²) in [5, 5.41) is 15.8. The zero-order valence-electron chi connectivity index (χ0n) is 52.9. The number of hydrogen-bond acceptors (Lipinski definition) is 17. The fourth-order valence-electron chi connectivity index (χ4n) is 10.7. The van der Waals surface area contributed by atoms with Gasteiger partial charge >= 0.3 is 18.4 Å². The molecule has 0 radical (unpaired) electrons. The maximum atomic E-state index is 13.4. The topological polar surface area (TPSA) is 275 Å². The number of carbonyl (C=O) groups excluding carboxylic acids is 3. The van der Waals surface area contributed by atoms with Crippen LogP contribution in [0.1, 0.15) is 148 Å². The normalized spacial score (nSPS) is 18.5. The Hall–Kier alpha value is -7.48. The van der Waals surface area contributed by atoms with Gasteiger partial charge in [-0.2, -0.15) is 53.4 Å². The summed E-state index contributed by atoms with van der Waals surface area (Å²) < 4.78 is 157. The molecule has 0 aliphatic carbocycles. The van der Waals surface area contributed by atoms with Crippen molar-refractivity contribution in [3.05, 3.63) is 89.6 Å². The van der Waals surface area contributed by atoms with Crippen LogP contribution < -0.4 is 23.8 Å². The second kappa shape index (κ2) is 26.5. The van der Waals surface area contributed by atoms with Gasteiger partial charge in [-0.3, -0.25) is 19.0 Å². The number of aromatic nitrogens is 10. The number of alkyl halides is 6. The maximum Gasteiger partial charge on any atom is 0.410 e. The number of anilines is 1. The molecule has 0 aromatic carbocycles. The summed E-state index contributed by atoms with van der Waals surface area (Å²) in [6.07, 6.45) is 1.30. The van der Waals surface area contributed by atoms with E-state index in [0.717, 1.165) is 59.8 Å². The zero-order valence-corrected chi connectivity index (χ0v) is 55.3. The molecule has 2 saturated heterocycles. The number of likely N-dealkylation sites (tertiary alicyclic amines) is 1. The van der Waals surface area contributed by atoms with Crippen LogP contribution in [0.25, 0.3) is 11.6 Å². The summed E-state index contributed by atoms with van der Waals surface area (Å²) in [5.74, 6) is -0.348. The molecule has 0 saturated carbocycles. The van der Waals surface area contributed by atoms with Crippen LogP contribution in [0.3, 0.4) is 0 Å². The van der Waals surface area contributed by atoms with E-state index in [1.165, 1.54) is 75.0 Å². The van der Waals surface area contributed by atoms with E-state index in [1.807, 2.05) is 44.2 Å². The Morgan fingerprint density at radius 1 is 0.750 bits per heavy atom. The number of halogens is 7. The van der Waals surface area contributed by atoms with Crippen LogP contribution in [0.15, 0.2) is 83.4 Å². The molecule has 2 atom stereocenters. The lowest BCUT2D eigenvalue weighted by molar-refractivity contribution is -0.215. The standard InChI is InChI=1S/C32H43ClF3N7O6S.C27H34F3N7O4S/c1-29(2,3)49-28(45)42-20-21(19-31(42,6)7)9-8-15-41-16-13-25(39-41)50(46,47)40-27(44)22-10-11-23(37-26(22)33)43-17-12-24(38-43)48-18-14-30(4,5)32(34,35)36;1-25(2,27(28,29)30)11-15-41-21-9-14-37(32-21)20-8-7-19-23(31-20)36-17-18(16-26(36,3)4)6-5-12-35-13-10-22(33-35)42(39,40)34-24(19)38/h10-13,16-17,21H,8-9,14-15,18-20H2,1-7H3,(H,40,44);7-10,13-14,18H,5-6,11-12,15-17H2,1-4H3,(H,34,38)/t21-;18-/m00/s1. The van der Waals surface area contributed by atoms with Gasteiger partial charge in [0.15, 0.2) is 21.7 Å². The predicted octanol–water partition coefficient (Wildman–Crippen LogP) is 10.7. The minimum absolute atomic E-state index is 0.0561. The van der Waals surface area contributed by atoms with Crippen LogP contribution in [0.5, 0.6) is 11.8 Å². The van der Waals surface area contributed by atoms with Crippen molar-refractivity contribution in [2.45, 2.75) is 180 Å². The van der Waals surface area contributed by atoms with Gasteiger partial charge in [0.05, 0.1) is 35.2 Å². The Kier molecular flexibility index (Phi) is 20.3. The van der Waals surface area contributed by atoms with Crippen molar-refractivity contribution in [2.75, 3.05) is 31.2 Å². The van der Waals surface area contributed by atoms with Crippen molar-refractivity contribution in [2.24, 2.45) is 22.7 Å². The van der Waals surface area contributed by atoms with E-state index in [-0.39, 0.29) is 93.1 Å². The molecule has 6 aromatic heterocycles. The first-order valence-electron chi connectivity index (χ1n) is 29.7. The lowest BCUT2D eigenvalue weighted by Gasteiger charge is -2.34. The van der Waals surface area contributed by atoms with Gasteiger partial charge in [0.25, 0.3) is 31.9 Å². The number of nitrogens with one attached hydrogen (secondary N) is 2. The number of ether oxygens (including phenoxy) is 3. The monoisotopic (exact) mass is 1350 g/mol. The number of hydrogen-bond donors (Lipinski definition) is 2. The van der Waals surface area contributed by atoms with Gasteiger partial charge in [0, 0.05) is 74.2 Å². The molecule has 6 aromatic rings. The lowest BCUT2D eigenvalue weighted by atomic mass is 9.89. The van der Waals surface area contributed by atoms with Crippen molar-refractivity contribution in [1.82, 2.24) is 63.4 Å². The van der Waals surface area contributed by atoms with Crippen LogP contribution in [-0.2, 0) is 37.9 Å². The van der Waals surface area contributed by atoms with Gasteiger partial charge in [-0.1, -0.05) is 39.3 Å². The van der Waals surface area contributed by atoms with Crippen molar-refractivity contribution < 1.29 is 71.8 Å². The van der Waals surface area contributed by atoms with Crippen molar-refractivity contribution in [1.29, 1.82) is 0 Å². The highest BCUT2D eigenvalue weighted by atomic mass is 35.5. The van der Waals surface area contributed by atoms with E-state index >= 15 is 0 Å². The minimum Gasteiger partial charge on any atom is -0.477 e. The van der Waals surface area contributed by atoms with Gasteiger partial charge in [0.2, 0.25) is 11.8 Å². The predicted molar refractivity (Wildman–Crippen MR) is 325 cm³/mol. The molecule has 33 heteroatoms. The molecule has 24 nitrogen and oxygen atoms in total. The highest BCUT2D eigenvalue weighted by Gasteiger charge is 2.48. The zero-order chi connectivity index (χ0) is 67.8. The van der Waals surface area contributed by atoms with E-state index in [2.05, 4.69) is 43.9 Å². The largest absolute Gasteiger partial charge is 0.477 e. The quantitative estimate of drug-likeness (QED) is 0.0634. The van der Waals surface area contributed by atoms with Crippen LogP contribution in [0, 0.1) is 22.7 Å². The first-order valence-corrected chi connectivity index (χ1v) is 33.1. The Morgan fingerprint density at radius 3 is 1.93 bits per heavy atom. The molecule has 3 aliphatic heterocycles. The fraction of sp³-hybridized carbons (Fsp3) is 0.576. The Bertz CT molecular complexity index is 3880. The molecule has 9 heterocycles. The van der Waals surface area contributed by atoms with E-state index in [9.17, 15) is 57.6 Å². The average Bonchev–Trinajstić information content (AvgIpc) is 1.53. The smallest absolute Gasteiger partial charge is 0.410 e. The van der Waals surface area contributed by atoms with Gasteiger partial charge in [0.1, 0.15) is 16.6 Å². The van der Waals surface area contributed by atoms with Crippen LogP contribution in [0.2, 0.25) is 5.15 Å². The summed E-state index contributed by atoms with van der Waals surface area (Å²) in [7, 11) is -8.59. The number of rotatable bonds is 17. The van der Waals surface area contributed by atoms with Crippen LogP contribution in [-0.4, -0.2) is 144 Å². The van der Waals surface area contributed by atoms with E-state index in [4.69, 9.17) is 30.8 Å². The molecule has 92 heavy (non-hydrogen) atoms. The van der Waals surface area contributed by atoms with Gasteiger partial charge in [-0.15, -0.1) is 10.2 Å². The Balaban J connectivity index is 0.000000240. The highest BCUT2D eigenvalue weighted by molar-refractivity contribution is 7.90. The third-order valence-electron chi connectivity index (χ3n) is 16.3. The maximum absolute atomic E-state index is 13.4. The molecule has 4 bridgehead atoms. The Morgan fingerprint density at radius 2 is 1.35 bits per heavy atom. The second-order valence-electron chi connectivity index (χ2n) is 26.7. The molecule has 0 spiro atoms. The first kappa shape index (κ1) is 70.4. The molecule has 0 unspecified atom stereocenters. The van der Waals surface area contributed by atoms with Gasteiger partial charge in [-0.25, -0.2) is 33.6 Å². The third kappa shape index (κ3) is 17.0. The summed E-state index contributed by atoms with van der Waals surface area (Å²) in [4.78, 5) is 51.6. The third-order valence-corrected chi connectivity index (χ3v) is 19.0. The number of aryl methyl sites for hydroxylation is 2. The summed E-state index contributed by atoms with van der Waals surface area (Å²) in [6, 6.07) is 11.2. The number of fused-ring (bicyclic) bond motifs is 6. The molecule has 2 fully saturated rings. The molecule has 3 amide bonds. The molecular formula is C59H77ClF6N14O10S2. The number of pyridine rings is 2. The molecular weight excluding hydrogens is 1280 g/mol. The van der Waals surface area contributed by atoms with Crippen molar-refractivity contribution in [3.63, 3.8) is 0 Å². The van der Waals surface area contributed by atoms with Crippen LogP contribution in [0.4, 0.5) is 37.0 Å². The molecule has 504 valence electrons. The van der Waals surface area contributed by atoms with E-state index in [0.29, 0.717) is 50.2 Å².